The molecule has 170 valence electrons. The number of para-hydroxylation sites is 1. The SMILES string of the molecule is C=C(C)C(=O)Oc1ccc(N(c2ccccc2)C2C=Cc3ccc4c5c(ccc2c35)CC=C4)cc1. The van der Waals surface area contributed by atoms with Gasteiger partial charge in [-0.3, -0.25) is 0 Å². The monoisotopic (exact) mass is 455 g/mol. The van der Waals surface area contributed by atoms with Crippen molar-refractivity contribution in [1.82, 2.24) is 0 Å². The molecule has 0 radical (unpaired) electrons. The van der Waals surface area contributed by atoms with Gasteiger partial charge in [0.15, 0.2) is 0 Å². The Morgan fingerprint density at radius 3 is 2.31 bits per heavy atom. The lowest BCUT2D eigenvalue weighted by molar-refractivity contribution is -0.130. The van der Waals surface area contributed by atoms with Gasteiger partial charge in [0.2, 0.25) is 0 Å². The first-order valence-electron chi connectivity index (χ1n) is 11.9. The first kappa shape index (κ1) is 21.2. The van der Waals surface area contributed by atoms with E-state index in [-0.39, 0.29) is 6.04 Å². The number of nitrogens with zero attached hydrogens (tertiary/aromatic N) is 1. The second-order valence-corrected chi connectivity index (χ2v) is 9.09. The van der Waals surface area contributed by atoms with Crippen molar-refractivity contribution in [2.24, 2.45) is 0 Å². The highest BCUT2D eigenvalue weighted by Gasteiger charge is 2.27. The van der Waals surface area contributed by atoms with E-state index < -0.39 is 5.97 Å². The average Bonchev–Trinajstić information content (AvgIpc) is 2.89. The van der Waals surface area contributed by atoms with Crippen LogP contribution in [0.15, 0.2) is 103 Å². The summed E-state index contributed by atoms with van der Waals surface area (Å²) in [5, 5.41) is 2.71. The highest BCUT2D eigenvalue weighted by molar-refractivity contribution is 6.03. The molecule has 6 rings (SSSR count). The van der Waals surface area contributed by atoms with E-state index in [1.54, 1.807) is 6.92 Å². The van der Waals surface area contributed by atoms with E-state index in [1.165, 1.54) is 33.0 Å². The van der Waals surface area contributed by atoms with E-state index in [4.69, 9.17) is 4.74 Å². The molecule has 0 N–H and O–H groups in total. The highest BCUT2D eigenvalue weighted by atomic mass is 16.5. The molecule has 3 heteroatoms. The van der Waals surface area contributed by atoms with Crippen molar-refractivity contribution in [1.29, 1.82) is 0 Å². The van der Waals surface area contributed by atoms with Crippen LogP contribution in [0.2, 0.25) is 0 Å². The van der Waals surface area contributed by atoms with Crippen molar-refractivity contribution < 1.29 is 9.53 Å². The minimum Gasteiger partial charge on any atom is -0.423 e. The summed E-state index contributed by atoms with van der Waals surface area (Å²) in [4.78, 5) is 14.3. The summed E-state index contributed by atoms with van der Waals surface area (Å²) in [5.74, 6) is 0.0860. The second kappa shape index (κ2) is 8.44. The normalized spacial score (nSPS) is 15.2. The van der Waals surface area contributed by atoms with E-state index in [0.717, 1.165) is 17.8 Å². The number of carbonyl (C=O) groups excluding carboxylic acids is 1. The molecule has 4 aromatic rings. The topological polar surface area (TPSA) is 29.5 Å². The molecule has 35 heavy (non-hydrogen) atoms. The van der Waals surface area contributed by atoms with Gasteiger partial charge in [0.05, 0.1) is 6.04 Å². The van der Waals surface area contributed by atoms with Crippen LogP contribution in [0.4, 0.5) is 11.4 Å². The molecule has 1 unspecified atom stereocenters. The summed E-state index contributed by atoms with van der Waals surface area (Å²) in [7, 11) is 0. The van der Waals surface area contributed by atoms with Gasteiger partial charge in [0.25, 0.3) is 0 Å². The Morgan fingerprint density at radius 2 is 1.57 bits per heavy atom. The third-order valence-corrected chi connectivity index (χ3v) is 6.74. The lowest BCUT2D eigenvalue weighted by Crippen LogP contribution is -2.24. The standard InChI is InChI=1S/C32H25NO2/c1-21(2)32(34)35-27-17-15-26(16-18-27)33(25-9-4-3-5-10-25)29-20-14-24-12-11-22-7-6-8-23-13-19-28(29)31(24)30(22)23/h3-7,9-20,29H,1,8H2,2H3. The van der Waals surface area contributed by atoms with Crippen LogP contribution in [-0.4, -0.2) is 5.97 Å². The number of anilines is 2. The van der Waals surface area contributed by atoms with Gasteiger partial charge in [-0.25, -0.2) is 4.79 Å². The van der Waals surface area contributed by atoms with E-state index >= 15 is 0 Å². The van der Waals surface area contributed by atoms with Gasteiger partial charge >= 0.3 is 5.97 Å². The third kappa shape index (κ3) is 3.66. The minimum absolute atomic E-state index is 0.0175. The van der Waals surface area contributed by atoms with Gasteiger partial charge in [-0.2, -0.15) is 0 Å². The van der Waals surface area contributed by atoms with E-state index in [0.29, 0.717) is 11.3 Å². The first-order valence-corrected chi connectivity index (χ1v) is 11.9. The fraction of sp³-hybridized carbons (Fsp3) is 0.0938. The Morgan fingerprint density at radius 1 is 0.857 bits per heavy atom. The largest absolute Gasteiger partial charge is 0.423 e. The zero-order valence-electron chi connectivity index (χ0n) is 19.6. The number of rotatable bonds is 5. The van der Waals surface area contributed by atoms with Crippen LogP contribution in [0.5, 0.6) is 5.75 Å². The van der Waals surface area contributed by atoms with Crippen molar-refractivity contribution in [2.45, 2.75) is 19.4 Å². The molecule has 2 aliphatic carbocycles. The van der Waals surface area contributed by atoms with E-state index in [9.17, 15) is 4.79 Å². The van der Waals surface area contributed by atoms with Gasteiger partial charge in [0, 0.05) is 16.9 Å². The Bertz CT molecular complexity index is 1530. The van der Waals surface area contributed by atoms with Crippen molar-refractivity contribution >= 4 is 40.3 Å². The van der Waals surface area contributed by atoms with Crippen LogP contribution in [-0.2, 0) is 11.2 Å². The summed E-state index contributed by atoms with van der Waals surface area (Å²) in [6.45, 7) is 5.31. The molecule has 0 fully saturated rings. The predicted molar refractivity (Wildman–Crippen MR) is 144 cm³/mol. The molecule has 1 atom stereocenters. The van der Waals surface area contributed by atoms with E-state index in [2.05, 4.69) is 84.3 Å². The molecule has 0 spiro atoms. The Kier molecular flexibility index (Phi) is 5.11. The van der Waals surface area contributed by atoms with Crippen LogP contribution >= 0.6 is 0 Å². The number of carbonyl (C=O) groups is 1. The van der Waals surface area contributed by atoms with Crippen molar-refractivity contribution in [3.63, 3.8) is 0 Å². The molecule has 4 aromatic carbocycles. The fourth-order valence-electron chi connectivity index (χ4n) is 5.11. The third-order valence-electron chi connectivity index (χ3n) is 6.74. The number of esters is 1. The van der Waals surface area contributed by atoms with Gasteiger partial charge in [-0.1, -0.05) is 73.3 Å². The zero-order valence-corrected chi connectivity index (χ0v) is 19.6. The first-order chi connectivity index (χ1) is 17.1. The van der Waals surface area contributed by atoms with Gasteiger partial charge in [0.1, 0.15) is 5.75 Å². The Hall–Kier alpha value is -4.37. The summed E-state index contributed by atoms with van der Waals surface area (Å²) >= 11 is 0. The zero-order chi connectivity index (χ0) is 23.9. The fourth-order valence-corrected chi connectivity index (χ4v) is 5.11. The number of benzene rings is 4. The van der Waals surface area contributed by atoms with Crippen LogP contribution in [0.3, 0.4) is 0 Å². The molecule has 0 saturated carbocycles. The molecule has 0 bridgehead atoms. The molecular formula is C32H25NO2. The number of ether oxygens (including phenoxy) is 1. The highest BCUT2D eigenvalue weighted by Crippen LogP contribution is 2.45. The van der Waals surface area contributed by atoms with E-state index in [1.807, 2.05) is 30.3 Å². The smallest absolute Gasteiger partial charge is 0.338 e. The lowest BCUT2D eigenvalue weighted by atomic mass is 9.83. The molecule has 0 saturated heterocycles. The van der Waals surface area contributed by atoms with Crippen molar-refractivity contribution in [2.75, 3.05) is 4.90 Å². The van der Waals surface area contributed by atoms with Crippen LogP contribution in [0.1, 0.15) is 35.2 Å². The molecule has 0 aromatic heterocycles. The maximum atomic E-state index is 12.0. The van der Waals surface area contributed by atoms with Crippen LogP contribution < -0.4 is 9.64 Å². The number of hydrogen-bond donors (Lipinski definition) is 0. The summed E-state index contributed by atoms with van der Waals surface area (Å²) in [6, 6.07) is 27.2. The van der Waals surface area contributed by atoms with Gasteiger partial charge in [-0.05, 0) is 82.8 Å². The molecule has 0 aliphatic heterocycles. The Labute approximate surface area is 205 Å². The second-order valence-electron chi connectivity index (χ2n) is 9.09. The minimum atomic E-state index is -0.418. The number of hydrogen-bond acceptors (Lipinski definition) is 3. The molecule has 0 amide bonds. The van der Waals surface area contributed by atoms with Gasteiger partial charge in [-0.15, -0.1) is 0 Å². The quantitative estimate of drug-likeness (QED) is 0.175. The summed E-state index contributed by atoms with van der Waals surface area (Å²) < 4.78 is 5.42. The lowest BCUT2D eigenvalue weighted by Gasteiger charge is -2.35. The van der Waals surface area contributed by atoms with Crippen molar-refractivity contribution in [3.8, 4) is 5.75 Å². The maximum absolute atomic E-state index is 12.0. The average molecular weight is 456 g/mol. The number of allylic oxidation sites excluding steroid dienone is 1. The van der Waals surface area contributed by atoms with Gasteiger partial charge < -0.3 is 9.64 Å². The Balaban J connectivity index is 1.48. The molecule has 0 heterocycles. The maximum Gasteiger partial charge on any atom is 0.338 e. The van der Waals surface area contributed by atoms with Crippen LogP contribution in [0.25, 0.3) is 22.9 Å². The molecule has 3 nitrogen and oxygen atoms in total. The summed E-state index contributed by atoms with van der Waals surface area (Å²) in [6.07, 6.45) is 9.98. The summed E-state index contributed by atoms with van der Waals surface area (Å²) in [5.41, 5.74) is 7.72. The predicted octanol–water partition coefficient (Wildman–Crippen LogP) is 7.80. The van der Waals surface area contributed by atoms with Crippen LogP contribution in [0, 0.1) is 0 Å². The molecular weight excluding hydrogens is 430 g/mol. The molecule has 2 aliphatic rings. The van der Waals surface area contributed by atoms with Crippen molar-refractivity contribution in [3.05, 3.63) is 125 Å².